The van der Waals surface area contributed by atoms with Crippen LogP contribution in [0.25, 0.3) is 0 Å². The number of likely N-dealkylation sites (N-methyl/N-ethyl adjacent to an activating group) is 1. The van der Waals surface area contributed by atoms with Gasteiger partial charge in [0, 0.05) is 19.5 Å². The zero-order valence-electron chi connectivity index (χ0n) is 10.2. The molecule has 6 heteroatoms. The number of hydrogen-bond donors (Lipinski definition) is 3. The highest BCUT2D eigenvalue weighted by molar-refractivity contribution is 5.78. The molecule has 0 radical (unpaired) electrons. The molecule has 0 rings (SSSR count). The number of hydrogen-bond acceptors (Lipinski definition) is 4. The Morgan fingerprint density at radius 2 is 2.00 bits per heavy atom. The summed E-state index contributed by atoms with van der Waals surface area (Å²) in [5, 5.41) is 2.57. The second kappa shape index (κ2) is 8.06. The molecule has 0 aliphatic rings. The Balaban J connectivity index is 4.27. The molecule has 16 heavy (non-hydrogen) atoms. The molecule has 0 heterocycles. The van der Waals surface area contributed by atoms with Crippen molar-refractivity contribution in [3.63, 3.8) is 0 Å². The first-order valence-corrected chi connectivity index (χ1v) is 5.49. The van der Waals surface area contributed by atoms with E-state index in [4.69, 9.17) is 5.84 Å². The van der Waals surface area contributed by atoms with E-state index in [1.807, 2.05) is 18.7 Å². The lowest BCUT2D eigenvalue weighted by Crippen LogP contribution is -2.44. The van der Waals surface area contributed by atoms with Crippen molar-refractivity contribution in [2.45, 2.75) is 32.7 Å². The third kappa shape index (κ3) is 5.67. The normalized spacial score (nSPS) is 12.3. The van der Waals surface area contributed by atoms with Gasteiger partial charge in [0.2, 0.25) is 11.8 Å². The van der Waals surface area contributed by atoms with E-state index in [0.29, 0.717) is 13.0 Å². The third-order valence-electron chi connectivity index (χ3n) is 2.40. The fraction of sp³-hybridized carbons (Fsp3) is 0.800. The van der Waals surface area contributed by atoms with E-state index in [1.165, 1.54) is 0 Å². The Hall–Kier alpha value is -1.14. The van der Waals surface area contributed by atoms with Gasteiger partial charge in [0.15, 0.2) is 0 Å². The van der Waals surface area contributed by atoms with E-state index in [9.17, 15) is 9.59 Å². The van der Waals surface area contributed by atoms with Crippen LogP contribution >= 0.6 is 0 Å². The molecule has 0 aromatic rings. The average Bonchev–Trinajstić information content (AvgIpc) is 2.27. The van der Waals surface area contributed by atoms with Gasteiger partial charge in [-0.2, -0.15) is 0 Å². The molecule has 4 N–H and O–H groups in total. The Bertz CT molecular complexity index is 233. The largest absolute Gasteiger partial charge is 0.358 e. The van der Waals surface area contributed by atoms with Gasteiger partial charge in [0.05, 0.1) is 6.54 Å². The molecule has 1 atom stereocenters. The van der Waals surface area contributed by atoms with Crippen molar-refractivity contribution in [3.8, 4) is 0 Å². The highest BCUT2D eigenvalue weighted by Crippen LogP contribution is 2.04. The summed E-state index contributed by atoms with van der Waals surface area (Å²) in [5.74, 6) is 4.76. The van der Waals surface area contributed by atoms with Gasteiger partial charge in [0.1, 0.15) is 0 Å². The minimum absolute atomic E-state index is 0.000741. The second-order valence-corrected chi connectivity index (χ2v) is 3.76. The molecule has 0 bridgehead atoms. The van der Waals surface area contributed by atoms with Crippen molar-refractivity contribution in [1.29, 1.82) is 0 Å². The molecule has 0 fully saturated rings. The lowest BCUT2D eigenvalue weighted by atomic mass is 10.2. The number of carbonyl (C=O) groups excluding carboxylic acids is 2. The van der Waals surface area contributed by atoms with E-state index in [0.717, 1.165) is 13.0 Å². The first-order chi connectivity index (χ1) is 7.54. The number of rotatable bonds is 7. The first-order valence-electron chi connectivity index (χ1n) is 5.49. The molecule has 0 aliphatic carbocycles. The summed E-state index contributed by atoms with van der Waals surface area (Å²) in [5.41, 5.74) is 2.09. The van der Waals surface area contributed by atoms with E-state index >= 15 is 0 Å². The second-order valence-electron chi connectivity index (χ2n) is 3.76. The molecule has 0 aliphatic heterocycles. The molecular formula is C10H22N4O2. The van der Waals surface area contributed by atoms with Crippen LogP contribution in [-0.2, 0) is 9.59 Å². The van der Waals surface area contributed by atoms with Crippen LogP contribution in [0.4, 0.5) is 0 Å². The van der Waals surface area contributed by atoms with Crippen molar-refractivity contribution in [2.24, 2.45) is 5.84 Å². The number of amides is 2. The summed E-state index contributed by atoms with van der Waals surface area (Å²) in [6.07, 6.45) is 1.24. The van der Waals surface area contributed by atoms with Gasteiger partial charge in [0.25, 0.3) is 0 Å². The number of nitrogens with two attached hydrogens (primary N) is 1. The zero-order chi connectivity index (χ0) is 12.6. The van der Waals surface area contributed by atoms with Gasteiger partial charge in [-0.1, -0.05) is 6.92 Å². The highest BCUT2D eigenvalue weighted by atomic mass is 16.2. The van der Waals surface area contributed by atoms with Gasteiger partial charge in [-0.15, -0.1) is 0 Å². The molecule has 2 amide bonds. The van der Waals surface area contributed by atoms with Crippen molar-refractivity contribution < 1.29 is 9.59 Å². The minimum Gasteiger partial charge on any atom is -0.358 e. The van der Waals surface area contributed by atoms with E-state index in [-0.39, 0.29) is 17.9 Å². The van der Waals surface area contributed by atoms with Crippen molar-refractivity contribution in [1.82, 2.24) is 15.6 Å². The summed E-state index contributed by atoms with van der Waals surface area (Å²) in [7, 11) is 1.60. The lowest BCUT2D eigenvalue weighted by Gasteiger charge is -2.27. The van der Waals surface area contributed by atoms with Gasteiger partial charge < -0.3 is 5.32 Å². The quantitative estimate of drug-likeness (QED) is 0.304. The summed E-state index contributed by atoms with van der Waals surface area (Å²) < 4.78 is 0. The Morgan fingerprint density at radius 3 is 2.44 bits per heavy atom. The summed E-state index contributed by atoms with van der Waals surface area (Å²) in [4.78, 5) is 24.4. The van der Waals surface area contributed by atoms with Crippen LogP contribution in [0.5, 0.6) is 0 Å². The summed E-state index contributed by atoms with van der Waals surface area (Å²) >= 11 is 0. The number of carbonyl (C=O) groups is 2. The molecule has 0 saturated carbocycles. The first kappa shape index (κ1) is 14.9. The average molecular weight is 230 g/mol. The van der Waals surface area contributed by atoms with Crippen LogP contribution in [0.1, 0.15) is 26.7 Å². The van der Waals surface area contributed by atoms with Crippen LogP contribution in [0.2, 0.25) is 0 Å². The Labute approximate surface area is 96.5 Å². The van der Waals surface area contributed by atoms with E-state index in [2.05, 4.69) is 10.7 Å². The topological polar surface area (TPSA) is 87.5 Å². The van der Waals surface area contributed by atoms with Crippen LogP contribution in [0.15, 0.2) is 0 Å². The van der Waals surface area contributed by atoms with Crippen molar-refractivity contribution >= 4 is 11.8 Å². The Kier molecular flexibility index (Phi) is 7.49. The number of nitrogens with one attached hydrogen (secondary N) is 2. The van der Waals surface area contributed by atoms with Crippen LogP contribution < -0.4 is 16.6 Å². The molecule has 0 aromatic carbocycles. The summed E-state index contributed by atoms with van der Waals surface area (Å²) in [6.45, 7) is 5.04. The maximum absolute atomic E-state index is 11.3. The molecule has 0 spiro atoms. The monoisotopic (exact) mass is 230 g/mol. The van der Waals surface area contributed by atoms with Crippen LogP contribution in [0, 0.1) is 0 Å². The Morgan fingerprint density at radius 1 is 1.38 bits per heavy atom. The molecule has 1 unspecified atom stereocenters. The van der Waals surface area contributed by atoms with Crippen molar-refractivity contribution in [3.05, 3.63) is 0 Å². The van der Waals surface area contributed by atoms with Gasteiger partial charge in [-0.05, 0) is 19.9 Å². The molecule has 6 nitrogen and oxygen atoms in total. The van der Waals surface area contributed by atoms with E-state index < -0.39 is 0 Å². The predicted molar refractivity (Wildman–Crippen MR) is 62.3 cm³/mol. The molecule has 0 saturated heterocycles. The van der Waals surface area contributed by atoms with Gasteiger partial charge >= 0.3 is 0 Å². The van der Waals surface area contributed by atoms with E-state index in [1.54, 1.807) is 7.05 Å². The minimum atomic E-state index is -0.217. The maximum Gasteiger partial charge on any atom is 0.235 e. The predicted octanol–water partition coefficient (Wildman–Crippen LogP) is -0.787. The van der Waals surface area contributed by atoms with Gasteiger partial charge in [-0.25, -0.2) is 5.84 Å². The smallest absolute Gasteiger partial charge is 0.235 e. The molecular weight excluding hydrogens is 208 g/mol. The van der Waals surface area contributed by atoms with Gasteiger partial charge in [-0.3, -0.25) is 19.9 Å². The number of nitrogens with zero attached hydrogens (tertiary/aromatic N) is 1. The molecule has 0 aromatic heterocycles. The lowest BCUT2D eigenvalue weighted by molar-refractivity contribution is -0.125. The summed E-state index contributed by atoms with van der Waals surface area (Å²) in [6, 6.07) is 0.000741. The number of hydrazine groups is 1. The highest BCUT2D eigenvalue weighted by Gasteiger charge is 2.18. The van der Waals surface area contributed by atoms with Crippen LogP contribution in [-0.4, -0.2) is 42.9 Å². The zero-order valence-corrected chi connectivity index (χ0v) is 10.2. The third-order valence-corrected chi connectivity index (χ3v) is 2.40. The van der Waals surface area contributed by atoms with Crippen LogP contribution in [0.3, 0.4) is 0 Å². The fourth-order valence-electron chi connectivity index (χ4n) is 1.46. The maximum atomic E-state index is 11.3. The standard InChI is InChI=1S/C10H22N4O2/c1-4-5-14(7-10(16)12-3)8(2)6-9(15)13-11/h8H,4-7,11H2,1-3H3,(H,12,16)(H,13,15). The fourth-order valence-corrected chi connectivity index (χ4v) is 1.46. The SMILES string of the molecule is CCCN(CC(=O)NC)C(C)CC(=O)NN. The molecule has 94 valence electrons. The van der Waals surface area contributed by atoms with Crippen molar-refractivity contribution in [2.75, 3.05) is 20.1 Å².